The molecule has 1 N–H and O–H groups in total. The second kappa shape index (κ2) is 10.7. The van der Waals surface area contributed by atoms with Gasteiger partial charge in [-0.05, 0) is 53.8 Å². The van der Waals surface area contributed by atoms with E-state index < -0.39 is 5.97 Å². The molecule has 3 rings (SSSR count). The lowest BCUT2D eigenvalue weighted by atomic mass is 10.1. The molecule has 0 saturated carbocycles. The molecule has 0 aromatic heterocycles. The summed E-state index contributed by atoms with van der Waals surface area (Å²) in [4.78, 5) is 11.0. The Hall–Kier alpha value is -2.98. The standard InChI is InChI=1S/C25H25ClO4/c1-18-7-11-22(26)24(15-18)30-17-20-8-9-21(10-12-25(27)28)23(16-20)29-14-13-19-5-3-2-4-6-19/h2-9,11,15-16H,10,12-14,17H2,1H3,(H,27,28). The van der Waals surface area contributed by atoms with Crippen molar-refractivity contribution in [1.29, 1.82) is 0 Å². The molecular formula is C25H25ClO4. The zero-order valence-corrected chi connectivity index (χ0v) is 17.7. The van der Waals surface area contributed by atoms with Gasteiger partial charge in [-0.15, -0.1) is 0 Å². The summed E-state index contributed by atoms with van der Waals surface area (Å²) >= 11 is 6.21. The Bertz CT molecular complexity index is 986. The molecular weight excluding hydrogens is 400 g/mol. The van der Waals surface area contributed by atoms with E-state index in [1.807, 2.05) is 61.5 Å². The van der Waals surface area contributed by atoms with Gasteiger partial charge >= 0.3 is 5.97 Å². The highest BCUT2D eigenvalue weighted by Gasteiger charge is 2.10. The first-order valence-corrected chi connectivity index (χ1v) is 10.3. The maximum atomic E-state index is 11.0. The van der Waals surface area contributed by atoms with E-state index in [1.165, 1.54) is 5.56 Å². The maximum Gasteiger partial charge on any atom is 0.303 e. The third-order valence-electron chi connectivity index (χ3n) is 4.71. The molecule has 0 fully saturated rings. The summed E-state index contributed by atoms with van der Waals surface area (Å²) in [5.41, 5.74) is 4.07. The van der Waals surface area contributed by atoms with Crippen molar-refractivity contribution in [3.05, 3.63) is 94.0 Å². The van der Waals surface area contributed by atoms with Gasteiger partial charge in [0.15, 0.2) is 0 Å². The molecule has 156 valence electrons. The quantitative estimate of drug-likeness (QED) is 0.442. The number of aryl methyl sites for hydroxylation is 2. The summed E-state index contributed by atoms with van der Waals surface area (Å²) in [6.07, 6.45) is 1.25. The number of rotatable bonds is 10. The summed E-state index contributed by atoms with van der Waals surface area (Å²) in [5, 5.41) is 9.60. The lowest BCUT2D eigenvalue weighted by molar-refractivity contribution is -0.136. The molecule has 0 aliphatic carbocycles. The fourth-order valence-electron chi connectivity index (χ4n) is 3.08. The zero-order chi connectivity index (χ0) is 21.3. The SMILES string of the molecule is Cc1ccc(Cl)c(OCc2ccc(CCC(=O)O)c(OCCc3ccccc3)c2)c1. The highest BCUT2D eigenvalue weighted by Crippen LogP contribution is 2.28. The van der Waals surface area contributed by atoms with E-state index in [0.29, 0.717) is 36.2 Å². The normalized spacial score (nSPS) is 10.6. The van der Waals surface area contributed by atoms with Crippen LogP contribution in [0.5, 0.6) is 11.5 Å². The Kier molecular flexibility index (Phi) is 7.75. The summed E-state index contributed by atoms with van der Waals surface area (Å²) in [7, 11) is 0. The van der Waals surface area contributed by atoms with Crippen LogP contribution in [0.25, 0.3) is 0 Å². The molecule has 0 spiro atoms. The van der Waals surface area contributed by atoms with Crippen molar-refractivity contribution in [1.82, 2.24) is 0 Å². The zero-order valence-electron chi connectivity index (χ0n) is 16.9. The minimum absolute atomic E-state index is 0.0593. The number of carboxylic acid groups (broad SMARTS) is 1. The Morgan fingerprint density at radius 2 is 1.70 bits per heavy atom. The first-order chi connectivity index (χ1) is 14.5. The number of benzene rings is 3. The van der Waals surface area contributed by atoms with E-state index >= 15 is 0 Å². The van der Waals surface area contributed by atoms with Gasteiger partial charge in [0.1, 0.15) is 18.1 Å². The molecule has 30 heavy (non-hydrogen) atoms. The van der Waals surface area contributed by atoms with Crippen LogP contribution in [0.2, 0.25) is 5.02 Å². The van der Waals surface area contributed by atoms with Crippen molar-refractivity contribution in [3.63, 3.8) is 0 Å². The molecule has 0 aliphatic heterocycles. The third-order valence-corrected chi connectivity index (χ3v) is 5.02. The fraction of sp³-hybridized carbons (Fsp3) is 0.240. The van der Waals surface area contributed by atoms with E-state index in [4.69, 9.17) is 26.2 Å². The van der Waals surface area contributed by atoms with Crippen LogP contribution in [-0.4, -0.2) is 17.7 Å². The Morgan fingerprint density at radius 3 is 2.47 bits per heavy atom. The average molecular weight is 425 g/mol. The minimum atomic E-state index is -0.827. The van der Waals surface area contributed by atoms with Crippen LogP contribution in [0.4, 0.5) is 0 Å². The predicted octanol–water partition coefficient (Wildman–Crippen LogP) is 5.87. The third kappa shape index (κ3) is 6.53. The molecule has 0 amide bonds. The van der Waals surface area contributed by atoms with Gasteiger partial charge in [0.05, 0.1) is 11.6 Å². The van der Waals surface area contributed by atoms with E-state index in [9.17, 15) is 4.79 Å². The number of carbonyl (C=O) groups is 1. The Morgan fingerprint density at radius 1 is 0.900 bits per heavy atom. The van der Waals surface area contributed by atoms with Crippen LogP contribution >= 0.6 is 11.6 Å². The van der Waals surface area contributed by atoms with E-state index in [2.05, 4.69) is 12.1 Å². The predicted molar refractivity (Wildman–Crippen MR) is 119 cm³/mol. The lowest BCUT2D eigenvalue weighted by Crippen LogP contribution is -2.06. The van der Waals surface area contributed by atoms with Gasteiger partial charge in [0.2, 0.25) is 0 Å². The molecule has 5 heteroatoms. The number of carboxylic acids is 1. The minimum Gasteiger partial charge on any atom is -0.493 e. The highest BCUT2D eigenvalue weighted by atomic mass is 35.5. The Labute approximate surface area is 182 Å². The molecule has 0 unspecified atom stereocenters. The second-order valence-electron chi connectivity index (χ2n) is 7.14. The molecule has 0 aliphatic rings. The van der Waals surface area contributed by atoms with Crippen molar-refractivity contribution in [2.75, 3.05) is 6.61 Å². The largest absolute Gasteiger partial charge is 0.493 e. The molecule has 0 heterocycles. The van der Waals surface area contributed by atoms with Crippen LogP contribution in [0.1, 0.15) is 28.7 Å². The van der Waals surface area contributed by atoms with Gasteiger partial charge in [-0.1, -0.05) is 60.1 Å². The molecule has 3 aromatic rings. The number of hydrogen-bond acceptors (Lipinski definition) is 3. The van der Waals surface area contributed by atoms with E-state index in [1.54, 1.807) is 0 Å². The summed E-state index contributed by atoms with van der Waals surface area (Å²) in [5.74, 6) is 0.508. The average Bonchev–Trinajstić information content (AvgIpc) is 2.74. The van der Waals surface area contributed by atoms with E-state index in [-0.39, 0.29) is 6.42 Å². The summed E-state index contributed by atoms with van der Waals surface area (Å²) < 4.78 is 11.9. The summed E-state index contributed by atoms with van der Waals surface area (Å²) in [6, 6.07) is 21.5. The van der Waals surface area contributed by atoms with Gasteiger partial charge in [0, 0.05) is 12.8 Å². The molecule has 0 atom stereocenters. The molecule has 4 nitrogen and oxygen atoms in total. The van der Waals surface area contributed by atoms with Crippen molar-refractivity contribution in [2.24, 2.45) is 0 Å². The van der Waals surface area contributed by atoms with Crippen LogP contribution in [-0.2, 0) is 24.2 Å². The first-order valence-electron chi connectivity index (χ1n) is 9.90. The number of ether oxygens (including phenoxy) is 2. The van der Waals surface area contributed by atoms with Crippen molar-refractivity contribution < 1.29 is 19.4 Å². The van der Waals surface area contributed by atoms with Crippen LogP contribution in [0, 0.1) is 6.92 Å². The van der Waals surface area contributed by atoms with Gasteiger partial charge in [-0.25, -0.2) is 0 Å². The highest BCUT2D eigenvalue weighted by molar-refractivity contribution is 6.32. The molecule has 0 radical (unpaired) electrons. The van der Waals surface area contributed by atoms with Crippen molar-refractivity contribution in [2.45, 2.75) is 32.8 Å². The van der Waals surface area contributed by atoms with Crippen LogP contribution in [0.3, 0.4) is 0 Å². The molecule has 0 bridgehead atoms. The number of halogens is 1. The molecule has 3 aromatic carbocycles. The van der Waals surface area contributed by atoms with E-state index in [0.717, 1.165) is 23.1 Å². The topological polar surface area (TPSA) is 55.8 Å². The van der Waals surface area contributed by atoms with Gasteiger partial charge in [-0.2, -0.15) is 0 Å². The lowest BCUT2D eigenvalue weighted by Gasteiger charge is -2.14. The monoisotopic (exact) mass is 424 g/mol. The van der Waals surface area contributed by atoms with Gasteiger partial charge < -0.3 is 14.6 Å². The smallest absolute Gasteiger partial charge is 0.303 e. The van der Waals surface area contributed by atoms with Crippen molar-refractivity contribution in [3.8, 4) is 11.5 Å². The Balaban J connectivity index is 1.70. The van der Waals surface area contributed by atoms with Crippen LogP contribution in [0.15, 0.2) is 66.7 Å². The summed E-state index contributed by atoms with van der Waals surface area (Å²) in [6.45, 7) is 2.84. The van der Waals surface area contributed by atoms with Crippen molar-refractivity contribution >= 4 is 17.6 Å². The van der Waals surface area contributed by atoms with Gasteiger partial charge in [0.25, 0.3) is 0 Å². The number of aliphatic carboxylic acids is 1. The van der Waals surface area contributed by atoms with Crippen LogP contribution < -0.4 is 9.47 Å². The maximum absolute atomic E-state index is 11.0. The second-order valence-corrected chi connectivity index (χ2v) is 7.55. The molecule has 0 saturated heterocycles. The van der Waals surface area contributed by atoms with Gasteiger partial charge in [-0.3, -0.25) is 4.79 Å². The fourth-order valence-corrected chi connectivity index (χ4v) is 3.25. The first kappa shape index (κ1) is 21.7. The number of hydrogen-bond donors (Lipinski definition) is 1.